The first-order valence-corrected chi connectivity index (χ1v) is 3.83. The summed E-state index contributed by atoms with van der Waals surface area (Å²) in [6, 6.07) is -0.603. The molecule has 70 valence electrons. The molecule has 0 saturated heterocycles. The van der Waals surface area contributed by atoms with Crippen molar-refractivity contribution in [3.05, 3.63) is 0 Å². The van der Waals surface area contributed by atoms with Crippen molar-refractivity contribution in [1.82, 2.24) is 0 Å². The minimum atomic E-state index is -0.603. The summed E-state index contributed by atoms with van der Waals surface area (Å²) < 4.78 is 4.60. The number of nitrogens with one attached hydrogen (secondary N) is 1. The van der Waals surface area contributed by atoms with Gasteiger partial charge in [-0.25, -0.2) is 0 Å². The zero-order chi connectivity index (χ0) is 9.40. The lowest BCUT2D eigenvalue weighted by atomic mass is 10.2. The van der Waals surface area contributed by atoms with Gasteiger partial charge in [0.2, 0.25) is 0 Å². The van der Waals surface area contributed by atoms with E-state index in [0.29, 0.717) is 19.4 Å². The van der Waals surface area contributed by atoms with E-state index in [1.807, 2.05) is 0 Å². The maximum atomic E-state index is 10.9. The molecule has 0 radical (unpaired) electrons. The van der Waals surface area contributed by atoms with Crippen LogP contribution in [0, 0.1) is 5.41 Å². The molecule has 0 amide bonds. The van der Waals surface area contributed by atoms with E-state index in [1.54, 1.807) is 0 Å². The first-order valence-electron chi connectivity index (χ1n) is 3.83. The van der Waals surface area contributed by atoms with Gasteiger partial charge in [-0.2, -0.15) is 0 Å². The van der Waals surface area contributed by atoms with Gasteiger partial charge in [-0.3, -0.25) is 4.79 Å². The van der Waals surface area contributed by atoms with Crippen LogP contribution in [0.3, 0.4) is 0 Å². The quantitative estimate of drug-likeness (QED) is 0.363. The third kappa shape index (κ3) is 4.81. The van der Waals surface area contributed by atoms with Gasteiger partial charge in [0.15, 0.2) is 0 Å². The zero-order valence-corrected chi connectivity index (χ0v) is 6.95. The summed E-state index contributed by atoms with van der Waals surface area (Å²) in [7, 11) is 0. The van der Waals surface area contributed by atoms with Crippen LogP contribution in [-0.2, 0) is 9.53 Å². The molecule has 1 atom stereocenters. The molecular formula is C7H15N3O2. The Balaban J connectivity index is 3.53. The Morgan fingerprint density at radius 3 is 2.83 bits per heavy atom. The van der Waals surface area contributed by atoms with Gasteiger partial charge in [-0.15, -0.1) is 0 Å². The second-order valence-corrected chi connectivity index (χ2v) is 2.37. The molecule has 0 saturated carbocycles. The molecule has 5 heteroatoms. The molecule has 0 unspecified atom stereocenters. The number of esters is 1. The highest BCUT2D eigenvalue weighted by molar-refractivity contribution is 5.76. The van der Waals surface area contributed by atoms with Crippen LogP contribution in [0.5, 0.6) is 0 Å². The van der Waals surface area contributed by atoms with Crippen LogP contribution in [0.2, 0.25) is 0 Å². The van der Waals surface area contributed by atoms with Crippen molar-refractivity contribution in [2.45, 2.75) is 18.9 Å². The summed E-state index contributed by atoms with van der Waals surface area (Å²) >= 11 is 0. The highest BCUT2D eigenvalue weighted by atomic mass is 16.5. The van der Waals surface area contributed by atoms with Gasteiger partial charge in [-0.1, -0.05) is 0 Å². The summed E-state index contributed by atoms with van der Waals surface area (Å²) in [4.78, 5) is 10.9. The smallest absolute Gasteiger partial charge is 0.323 e. The molecule has 5 nitrogen and oxygen atoms in total. The Hall–Kier alpha value is -0.940. The van der Waals surface area contributed by atoms with E-state index in [2.05, 4.69) is 4.74 Å². The number of ether oxygens (including phenoxy) is 1. The van der Waals surface area contributed by atoms with E-state index >= 15 is 0 Å². The number of carbonyl (C=O) groups excluding carboxylic acids is 1. The van der Waals surface area contributed by atoms with Crippen LogP contribution in [-0.4, -0.2) is 31.4 Å². The monoisotopic (exact) mass is 173 g/mol. The van der Waals surface area contributed by atoms with Crippen LogP contribution in [0.25, 0.3) is 0 Å². The lowest BCUT2D eigenvalue weighted by Gasteiger charge is -2.08. The Morgan fingerprint density at radius 1 is 1.67 bits per heavy atom. The van der Waals surface area contributed by atoms with E-state index in [4.69, 9.17) is 16.9 Å². The molecule has 0 aromatic rings. The van der Waals surface area contributed by atoms with Crippen molar-refractivity contribution < 1.29 is 9.53 Å². The van der Waals surface area contributed by atoms with Crippen molar-refractivity contribution >= 4 is 12.2 Å². The van der Waals surface area contributed by atoms with Crippen LogP contribution in [0.1, 0.15) is 12.8 Å². The van der Waals surface area contributed by atoms with Crippen LogP contribution >= 0.6 is 0 Å². The molecule has 5 N–H and O–H groups in total. The second-order valence-electron chi connectivity index (χ2n) is 2.37. The Morgan fingerprint density at radius 2 is 2.33 bits per heavy atom. The van der Waals surface area contributed by atoms with Crippen LogP contribution < -0.4 is 11.5 Å². The van der Waals surface area contributed by atoms with Crippen molar-refractivity contribution in [1.29, 1.82) is 5.41 Å². The van der Waals surface area contributed by atoms with Crippen molar-refractivity contribution in [3.8, 4) is 0 Å². The number of carbonyl (C=O) groups is 1. The fourth-order valence-electron chi connectivity index (χ4n) is 0.686. The van der Waals surface area contributed by atoms with Gasteiger partial charge < -0.3 is 21.6 Å². The highest BCUT2D eigenvalue weighted by Crippen LogP contribution is 1.94. The first-order chi connectivity index (χ1) is 5.72. The minimum absolute atomic E-state index is 0.00480. The third-order valence-electron chi connectivity index (χ3n) is 1.33. The Labute approximate surface area is 71.6 Å². The average molecular weight is 173 g/mol. The SMILES string of the molecule is N=CCOC(=O)[C@H](N)CCCN. The fourth-order valence-corrected chi connectivity index (χ4v) is 0.686. The van der Waals surface area contributed by atoms with Gasteiger partial charge in [0, 0.05) is 6.21 Å². The number of hydrogen-bond donors (Lipinski definition) is 3. The largest absolute Gasteiger partial charge is 0.459 e. The van der Waals surface area contributed by atoms with E-state index in [1.165, 1.54) is 0 Å². The Kier molecular flexibility index (Phi) is 6.22. The number of hydrogen-bond acceptors (Lipinski definition) is 5. The van der Waals surface area contributed by atoms with Gasteiger partial charge in [0.1, 0.15) is 12.6 Å². The molecule has 0 aliphatic rings. The molecule has 0 rings (SSSR count). The summed E-state index contributed by atoms with van der Waals surface area (Å²) in [6.45, 7) is 0.515. The molecule has 0 aromatic heterocycles. The van der Waals surface area contributed by atoms with Gasteiger partial charge in [0.25, 0.3) is 0 Å². The first kappa shape index (κ1) is 11.1. The maximum Gasteiger partial charge on any atom is 0.323 e. The van der Waals surface area contributed by atoms with Crippen molar-refractivity contribution in [2.24, 2.45) is 11.5 Å². The molecule has 0 fully saturated rings. The highest BCUT2D eigenvalue weighted by Gasteiger charge is 2.12. The van der Waals surface area contributed by atoms with Gasteiger partial charge in [0.05, 0.1) is 0 Å². The summed E-state index contributed by atoms with van der Waals surface area (Å²) in [5, 5.41) is 6.61. The molecule has 0 aliphatic heterocycles. The summed E-state index contributed by atoms with van der Waals surface area (Å²) in [5.74, 6) is -0.466. The molecule has 0 aromatic carbocycles. The van der Waals surface area contributed by atoms with Crippen LogP contribution in [0.4, 0.5) is 0 Å². The van der Waals surface area contributed by atoms with Crippen LogP contribution in [0.15, 0.2) is 0 Å². The van der Waals surface area contributed by atoms with E-state index in [0.717, 1.165) is 6.21 Å². The van der Waals surface area contributed by atoms with E-state index < -0.39 is 12.0 Å². The average Bonchev–Trinajstić information content (AvgIpc) is 2.10. The molecule has 0 heterocycles. The maximum absolute atomic E-state index is 10.9. The molecule has 0 spiro atoms. The van der Waals surface area contributed by atoms with Gasteiger partial charge >= 0.3 is 5.97 Å². The molecule has 0 bridgehead atoms. The lowest BCUT2D eigenvalue weighted by Crippen LogP contribution is -2.33. The summed E-state index contributed by atoms with van der Waals surface area (Å²) in [6.07, 6.45) is 2.25. The topological polar surface area (TPSA) is 102 Å². The number of rotatable bonds is 6. The standard InChI is InChI=1S/C7H15N3O2/c8-3-1-2-6(10)7(11)12-5-4-9/h4,6,9H,1-3,5,8,10H2/t6-/m1/s1. The third-order valence-corrected chi connectivity index (χ3v) is 1.33. The normalized spacial score (nSPS) is 12.2. The number of nitrogens with two attached hydrogens (primary N) is 2. The molecule has 0 aliphatic carbocycles. The predicted octanol–water partition coefficient (Wildman–Crippen LogP) is -0.755. The van der Waals surface area contributed by atoms with E-state index in [9.17, 15) is 4.79 Å². The zero-order valence-electron chi connectivity index (χ0n) is 6.95. The van der Waals surface area contributed by atoms with E-state index in [-0.39, 0.29) is 6.61 Å². The van der Waals surface area contributed by atoms with Gasteiger partial charge in [-0.05, 0) is 19.4 Å². The Bertz CT molecular complexity index is 150. The van der Waals surface area contributed by atoms with Crippen molar-refractivity contribution in [3.63, 3.8) is 0 Å². The fraction of sp³-hybridized carbons (Fsp3) is 0.714. The molecule has 12 heavy (non-hydrogen) atoms. The summed E-state index contributed by atoms with van der Waals surface area (Å²) in [5.41, 5.74) is 10.7. The lowest BCUT2D eigenvalue weighted by molar-refractivity contribution is -0.143. The second kappa shape index (κ2) is 6.75. The van der Waals surface area contributed by atoms with Crippen molar-refractivity contribution in [2.75, 3.05) is 13.2 Å². The predicted molar refractivity (Wildman–Crippen MR) is 46.0 cm³/mol. The minimum Gasteiger partial charge on any atom is -0.459 e. The molecular weight excluding hydrogens is 158 g/mol.